The third-order valence-electron chi connectivity index (χ3n) is 4.12. The van der Waals surface area contributed by atoms with E-state index in [1.165, 1.54) is 11.0 Å². The quantitative estimate of drug-likeness (QED) is 0.389. The molecule has 0 saturated carbocycles. The van der Waals surface area contributed by atoms with Crippen LogP contribution in [0.3, 0.4) is 0 Å². The maximum atomic E-state index is 12.3. The van der Waals surface area contributed by atoms with Crippen molar-refractivity contribution in [2.75, 3.05) is 27.9 Å². The van der Waals surface area contributed by atoms with Crippen molar-refractivity contribution in [2.45, 2.75) is 6.54 Å². The summed E-state index contributed by atoms with van der Waals surface area (Å²) in [5.41, 5.74) is 1.27. The van der Waals surface area contributed by atoms with Gasteiger partial charge in [-0.2, -0.15) is 5.26 Å². The highest BCUT2D eigenvalue weighted by Crippen LogP contribution is 2.19. The fourth-order valence-electron chi connectivity index (χ4n) is 2.50. The molecule has 0 heterocycles. The third-order valence-corrected chi connectivity index (χ3v) is 4.12. The van der Waals surface area contributed by atoms with Crippen LogP contribution in [0.1, 0.15) is 11.1 Å². The summed E-state index contributed by atoms with van der Waals surface area (Å²) in [6.45, 7) is -0.167. The Labute approximate surface area is 169 Å². The molecule has 0 atom stereocenters. The Balaban J connectivity index is 1.96. The van der Waals surface area contributed by atoms with Crippen LogP contribution >= 0.6 is 0 Å². The number of nitriles is 1. The van der Waals surface area contributed by atoms with Crippen LogP contribution < -0.4 is 9.47 Å². The van der Waals surface area contributed by atoms with Crippen LogP contribution in [-0.2, 0) is 20.9 Å². The maximum Gasteiger partial charge on any atom is 0.349 e. The molecule has 29 heavy (non-hydrogen) atoms. The summed E-state index contributed by atoms with van der Waals surface area (Å²) in [4.78, 5) is 25.9. The second-order valence-corrected chi connectivity index (χ2v) is 6.08. The molecule has 0 aromatic heterocycles. The van der Waals surface area contributed by atoms with E-state index in [1.807, 2.05) is 18.2 Å². The molecule has 0 N–H and O–H groups in total. The number of carbonyl (C=O) groups excluding carboxylic acids is 2. The normalized spacial score (nSPS) is 10.6. The van der Waals surface area contributed by atoms with Crippen molar-refractivity contribution in [1.29, 1.82) is 5.26 Å². The first-order valence-corrected chi connectivity index (χ1v) is 8.77. The Bertz CT molecular complexity index is 929. The van der Waals surface area contributed by atoms with E-state index in [-0.39, 0.29) is 5.57 Å². The first-order chi connectivity index (χ1) is 14.0. The molecule has 2 rings (SSSR count). The van der Waals surface area contributed by atoms with Crippen LogP contribution in [0.25, 0.3) is 6.08 Å². The van der Waals surface area contributed by atoms with Gasteiger partial charge in [-0.25, -0.2) is 4.79 Å². The number of nitrogens with zero attached hydrogens (tertiary/aromatic N) is 2. The number of esters is 1. The van der Waals surface area contributed by atoms with Crippen molar-refractivity contribution in [3.05, 3.63) is 65.2 Å². The monoisotopic (exact) mass is 394 g/mol. The van der Waals surface area contributed by atoms with Gasteiger partial charge < -0.3 is 19.1 Å². The highest BCUT2D eigenvalue weighted by Gasteiger charge is 2.16. The molecule has 7 nitrogen and oxygen atoms in total. The number of para-hydroxylation sites is 1. The summed E-state index contributed by atoms with van der Waals surface area (Å²) in [7, 11) is 4.70. The van der Waals surface area contributed by atoms with Crippen LogP contribution in [0.5, 0.6) is 11.5 Å². The van der Waals surface area contributed by atoms with Gasteiger partial charge in [-0.1, -0.05) is 30.3 Å². The van der Waals surface area contributed by atoms with Gasteiger partial charge in [0.25, 0.3) is 5.91 Å². The van der Waals surface area contributed by atoms with E-state index in [1.54, 1.807) is 57.7 Å². The Morgan fingerprint density at radius 2 is 1.76 bits per heavy atom. The number of hydrogen-bond acceptors (Lipinski definition) is 6. The van der Waals surface area contributed by atoms with Crippen molar-refractivity contribution in [1.82, 2.24) is 4.90 Å². The molecule has 150 valence electrons. The first-order valence-electron chi connectivity index (χ1n) is 8.77. The molecule has 0 radical (unpaired) electrons. The number of benzene rings is 2. The van der Waals surface area contributed by atoms with Crippen LogP contribution in [0.2, 0.25) is 0 Å². The molecular formula is C22H22N2O5. The minimum absolute atomic E-state index is 0.199. The number of amides is 1. The molecule has 0 spiro atoms. The SMILES string of the molecule is COc1ccc(/C=C(\C#N)C(=O)OCC(=O)N(C)Cc2ccccc2OC)cc1. The minimum atomic E-state index is -0.859. The fraction of sp³-hybridized carbons (Fsp3) is 0.227. The summed E-state index contributed by atoms with van der Waals surface area (Å²) in [6.07, 6.45) is 1.39. The zero-order valence-electron chi connectivity index (χ0n) is 16.5. The van der Waals surface area contributed by atoms with Crippen LogP contribution in [0.15, 0.2) is 54.1 Å². The number of carbonyl (C=O) groups is 2. The van der Waals surface area contributed by atoms with Crippen LogP contribution in [-0.4, -0.2) is 44.7 Å². The molecule has 0 unspecified atom stereocenters. The Hall–Kier alpha value is -3.79. The maximum absolute atomic E-state index is 12.3. The Morgan fingerprint density at radius 3 is 2.38 bits per heavy atom. The van der Waals surface area contributed by atoms with Gasteiger partial charge in [0.1, 0.15) is 23.1 Å². The van der Waals surface area contributed by atoms with Crippen molar-refractivity contribution in [2.24, 2.45) is 0 Å². The van der Waals surface area contributed by atoms with E-state index in [4.69, 9.17) is 14.2 Å². The van der Waals surface area contributed by atoms with Gasteiger partial charge >= 0.3 is 5.97 Å². The van der Waals surface area contributed by atoms with Crippen molar-refractivity contribution in [3.8, 4) is 17.6 Å². The van der Waals surface area contributed by atoms with E-state index in [2.05, 4.69) is 0 Å². The van der Waals surface area contributed by atoms with Crippen molar-refractivity contribution < 1.29 is 23.8 Å². The number of hydrogen-bond donors (Lipinski definition) is 0. The summed E-state index contributed by atoms with van der Waals surface area (Å²) in [5.74, 6) is 0.0682. The van der Waals surface area contributed by atoms with Crippen molar-refractivity contribution >= 4 is 18.0 Å². The molecule has 0 fully saturated rings. The van der Waals surface area contributed by atoms with E-state index in [0.29, 0.717) is 23.6 Å². The summed E-state index contributed by atoms with van der Waals surface area (Å²) in [6, 6.07) is 16.0. The number of rotatable bonds is 8. The molecule has 0 aliphatic carbocycles. The number of methoxy groups -OCH3 is 2. The largest absolute Gasteiger partial charge is 0.497 e. The zero-order chi connectivity index (χ0) is 21.2. The van der Waals surface area contributed by atoms with Gasteiger partial charge in [0, 0.05) is 19.2 Å². The number of ether oxygens (including phenoxy) is 3. The highest BCUT2D eigenvalue weighted by atomic mass is 16.5. The minimum Gasteiger partial charge on any atom is -0.497 e. The van der Waals surface area contributed by atoms with Gasteiger partial charge in [0.05, 0.1) is 14.2 Å². The average Bonchev–Trinajstić information content (AvgIpc) is 2.76. The molecule has 0 bridgehead atoms. The lowest BCUT2D eigenvalue weighted by molar-refractivity contribution is -0.148. The van der Waals surface area contributed by atoms with Gasteiger partial charge in [0.2, 0.25) is 0 Å². The van der Waals surface area contributed by atoms with Crippen LogP contribution in [0, 0.1) is 11.3 Å². The van der Waals surface area contributed by atoms with Crippen molar-refractivity contribution in [3.63, 3.8) is 0 Å². The average molecular weight is 394 g/mol. The highest BCUT2D eigenvalue weighted by molar-refractivity contribution is 5.98. The Morgan fingerprint density at radius 1 is 1.07 bits per heavy atom. The topological polar surface area (TPSA) is 88.9 Å². The second-order valence-electron chi connectivity index (χ2n) is 6.08. The van der Waals surface area contributed by atoms with Gasteiger partial charge in [-0.3, -0.25) is 4.79 Å². The predicted octanol–water partition coefficient (Wildman–Crippen LogP) is 2.81. The van der Waals surface area contributed by atoms with Gasteiger partial charge in [-0.15, -0.1) is 0 Å². The molecule has 2 aromatic rings. The van der Waals surface area contributed by atoms with E-state index >= 15 is 0 Å². The zero-order valence-corrected chi connectivity index (χ0v) is 16.5. The van der Waals surface area contributed by atoms with Gasteiger partial charge in [-0.05, 0) is 29.8 Å². The molecule has 1 amide bonds. The molecule has 0 saturated heterocycles. The standard InChI is InChI=1S/C22H22N2O5/c1-24(14-17-6-4-5-7-20(17)28-3)21(25)15-29-22(26)18(13-23)12-16-8-10-19(27-2)11-9-16/h4-12H,14-15H2,1-3H3/b18-12+. The second kappa shape index (κ2) is 10.5. The van der Waals surface area contributed by atoms with Gasteiger partial charge in [0.15, 0.2) is 6.61 Å². The molecule has 2 aromatic carbocycles. The predicted molar refractivity (Wildman–Crippen MR) is 107 cm³/mol. The molecule has 0 aliphatic rings. The molecule has 7 heteroatoms. The summed E-state index contributed by atoms with van der Waals surface area (Å²) < 4.78 is 15.3. The number of likely N-dealkylation sites (N-methyl/N-ethyl adjacent to an activating group) is 1. The molecular weight excluding hydrogens is 372 g/mol. The fourth-order valence-corrected chi connectivity index (χ4v) is 2.50. The van der Waals surface area contributed by atoms with E-state index in [9.17, 15) is 14.9 Å². The first kappa shape index (κ1) is 21.5. The van der Waals surface area contributed by atoms with Crippen LogP contribution in [0.4, 0.5) is 0 Å². The Kier molecular flexibility index (Phi) is 7.80. The summed E-state index contributed by atoms with van der Waals surface area (Å²) >= 11 is 0. The smallest absolute Gasteiger partial charge is 0.349 e. The lowest BCUT2D eigenvalue weighted by atomic mass is 10.1. The lowest BCUT2D eigenvalue weighted by Crippen LogP contribution is -2.31. The van der Waals surface area contributed by atoms with E-state index in [0.717, 1.165) is 5.56 Å². The summed E-state index contributed by atoms with van der Waals surface area (Å²) in [5, 5.41) is 9.23. The molecule has 0 aliphatic heterocycles. The van der Waals surface area contributed by atoms with E-state index < -0.39 is 18.5 Å². The lowest BCUT2D eigenvalue weighted by Gasteiger charge is -2.18. The third kappa shape index (κ3) is 6.11.